The molecule has 0 aliphatic heterocycles. The Labute approximate surface area is 255 Å². The minimum atomic E-state index is -1.75. The van der Waals surface area contributed by atoms with Gasteiger partial charge >= 0.3 is 27.3 Å². The van der Waals surface area contributed by atoms with Crippen LogP contribution < -0.4 is 31.9 Å². The van der Waals surface area contributed by atoms with E-state index >= 15 is 0 Å². The van der Waals surface area contributed by atoms with Crippen molar-refractivity contribution >= 4 is 62.7 Å². The normalized spacial score (nSPS) is 8.78. The van der Waals surface area contributed by atoms with Gasteiger partial charge in [-0.2, -0.15) is 0 Å². The fraction of sp³-hybridized carbons (Fsp3) is 0.667. The first-order valence-corrected chi connectivity index (χ1v) is 10.8. The smallest absolute Gasteiger partial charge is 0.358 e. The number of amides is 6. The standard InChI is InChI=1S/2C9H18N4O3.2NO3.Pb/c2*1-10-7(14)4-13(5-8(15)11-2)6-9(16)12-3;2*2-1(3)4;/h2*4-6H2,1-3H3,(H,10,14)(H,11,15)(H,12,16);;;/q;;2*-1;+2. The third-order valence-corrected chi connectivity index (χ3v) is 3.88. The van der Waals surface area contributed by atoms with Gasteiger partial charge in [0.25, 0.3) is 0 Å². The van der Waals surface area contributed by atoms with Crippen LogP contribution in [0, 0.1) is 30.6 Å². The molecule has 6 amide bonds. The maximum atomic E-state index is 11.1. The van der Waals surface area contributed by atoms with Crippen molar-refractivity contribution in [2.75, 3.05) is 81.6 Å². The fourth-order valence-electron chi connectivity index (χ4n) is 2.03. The summed E-state index contributed by atoms with van der Waals surface area (Å²) in [6.07, 6.45) is 0. The van der Waals surface area contributed by atoms with Gasteiger partial charge in [-0.25, -0.2) is 0 Å². The van der Waals surface area contributed by atoms with Crippen LogP contribution in [-0.4, -0.2) is 164 Å². The summed E-state index contributed by atoms with van der Waals surface area (Å²) >= 11 is 0. The molecule has 23 heteroatoms. The molecule has 0 atom stereocenters. The maximum absolute atomic E-state index is 11.1. The van der Waals surface area contributed by atoms with E-state index in [2.05, 4.69) is 31.9 Å². The van der Waals surface area contributed by atoms with Crippen LogP contribution in [0.2, 0.25) is 0 Å². The van der Waals surface area contributed by atoms with Crippen LogP contribution in [0.5, 0.6) is 0 Å². The van der Waals surface area contributed by atoms with Crippen LogP contribution in [0.15, 0.2) is 0 Å². The third-order valence-electron chi connectivity index (χ3n) is 3.88. The minimum Gasteiger partial charge on any atom is -0.358 e. The van der Waals surface area contributed by atoms with Crippen molar-refractivity contribution in [3.8, 4) is 0 Å². The third kappa shape index (κ3) is 40.7. The summed E-state index contributed by atoms with van der Waals surface area (Å²) < 4.78 is 0. The largest absolute Gasteiger partial charge is 2.00 e. The van der Waals surface area contributed by atoms with Gasteiger partial charge in [0, 0.05) is 42.3 Å². The molecule has 0 spiro atoms. The number of nitrogens with one attached hydrogen (secondary N) is 6. The number of hydrogen-bond donors (Lipinski definition) is 6. The molecule has 0 aliphatic rings. The molecule has 0 saturated carbocycles. The Kier molecular flexibility index (Phi) is 35.0. The van der Waals surface area contributed by atoms with E-state index in [1.165, 1.54) is 52.1 Å². The molecule has 0 bridgehead atoms. The van der Waals surface area contributed by atoms with Crippen LogP contribution >= 0.6 is 0 Å². The molecule has 0 aromatic carbocycles. The van der Waals surface area contributed by atoms with E-state index in [1.54, 1.807) is 0 Å². The Morgan fingerprint density at radius 3 is 0.610 bits per heavy atom. The topological polar surface area (TPSA) is 313 Å². The fourth-order valence-corrected chi connectivity index (χ4v) is 2.03. The minimum absolute atomic E-state index is 0. The van der Waals surface area contributed by atoms with Crippen LogP contribution in [0.3, 0.4) is 0 Å². The second-order valence-corrected chi connectivity index (χ2v) is 6.78. The van der Waals surface area contributed by atoms with Crippen LogP contribution in [-0.2, 0) is 28.8 Å². The molecule has 0 unspecified atom stereocenters. The van der Waals surface area contributed by atoms with Crippen LogP contribution in [0.25, 0.3) is 0 Å². The monoisotopic (exact) mass is 792 g/mol. The zero-order valence-electron chi connectivity index (χ0n) is 23.4. The van der Waals surface area contributed by atoms with Crippen molar-refractivity contribution in [1.82, 2.24) is 41.7 Å². The molecule has 0 fully saturated rings. The second kappa shape index (κ2) is 30.6. The average molecular weight is 792 g/mol. The van der Waals surface area contributed by atoms with Gasteiger partial charge in [-0.15, -0.1) is 0 Å². The van der Waals surface area contributed by atoms with Gasteiger partial charge < -0.3 is 62.5 Å². The van der Waals surface area contributed by atoms with E-state index in [-0.39, 0.29) is 102 Å². The Morgan fingerprint density at radius 1 is 0.439 bits per heavy atom. The van der Waals surface area contributed by atoms with Crippen molar-refractivity contribution in [3.05, 3.63) is 30.6 Å². The van der Waals surface area contributed by atoms with Crippen molar-refractivity contribution in [2.45, 2.75) is 0 Å². The van der Waals surface area contributed by atoms with Crippen LogP contribution in [0.1, 0.15) is 0 Å². The molecule has 0 saturated heterocycles. The second-order valence-electron chi connectivity index (χ2n) is 6.78. The van der Waals surface area contributed by atoms with Gasteiger partial charge in [0.2, 0.25) is 35.4 Å². The molecule has 0 rings (SSSR count). The zero-order chi connectivity index (χ0) is 32.3. The molecule has 0 aliphatic carbocycles. The Morgan fingerprint density at radius 2 is 0.537 bits per heavy atom. The average Bonchev–Trinajstić information content (AvgIpc) is 2.87. The summed E-state index contributed by atoms with van der Waals surface area (Å²) in [5, 5.41) is 44.1. The number of carbonyl (C=O) groups is 6. The van der Waals surface area contributed by atoms with Gasteiger partial charge in [0.15, 0.2) is 0 Å². The summed E-state index contributed by atoms with van der Waals surface area (Å²) in [7, 11) is 9.00. The van der Waals surface area contributed by atoms with E-state index in [1.807, 2.05) is 0 Å². The molecule has 234 valence electrons. The summed E-state index contributed by atoms with van der Waals surface area (Å²) in [5.41, 5.74) is 0. The summed E-state index contributed by atoms with van der Waals surface area (Å²) in [6.45, 7) is 0.0675. The van der Waals surface area contributed by atoms with Gasteiger partial charge in [-0.3, -0.25) is 38.6 Å². The van der Waals surface area contributed by atoms with Crippen LogP contribution in [0.4, 0.5) is 0 Å². The Hall–Kier alpha value is -3.94. The first-order valence-electron chi connectivity index (χ1n) is 10.8. The molecular weight excluding hydrogens is 755 g/mol. The number of likely N-dealkylation sites (N-methyl/N-ethyl adjacent to an activating group) is 6. The quantitative estimate of drug-likeness (QED) is 0.0610. The molecule has 22 nitrogen and oxygen atoms in total. The van der Waals surface area contributed by atoms with Gasteiger partial charge in [0.05, 0.1) is 49.4 Å². The molecule has 0 heterocycles. The first-order chi connectivity index (χ1) is 18.5. The predicted molar refractivity (Wildman–Crippen MR) is 144 cm³/mol. The Bertz CT molecular complexity index is 675. The first kappa shape index (κ1) is 46.9. The van der Waals surface area contributed by atoms with E-state index in [4.69, 9.17) is 30.6 Å². The molecular formula is C18H36N10O12Pb. The number of hydrogen-bond acceptors (Lipinski definition) is 14. The van der Waals surface area contributed by atoms with Gasteiger partial charge in [-0.05, 0) is 0 Å². The summed E-state index contributed by atoms with van der Waals surface area (Å²) in [5.74, 6) is -1.46. The summed E-state index contributed by atoms with van der Waals surface area (Å²) in [4.78, 5) is 86.3. The molecule has 0 aromatic rings. The number of carbonyl (C=O) groups excluding carboxylic acids is 6. The van der Waals surface area contributed by atoms with Gasteiger partial charge in [0.1, 0.15) is 0 Å². The predicted octanol–water partition coefficient (Wildman–Crippen LogP) is -5.81. The van der Waals surface area contributed by atoms with E-state index in [9.17, 15) is 28.8 Å². The van der Waals surface area contributed by atoms with Crippen molar-refractivity contribution in [3.63, 3.8) is 0 Å². The van der Waals surface area contributed by atoms with E-state index in [0.717, 1.165) is 0 Å². The molecule has 0 aromatic heterocycles. The molecule has 2 radical (unpaired) electrons. The SMILES string of the molecule is CNC(=O)CN(CC(=O)NC)CC(=O)NC.CNC(=O)CN(CC(=O)NC)CC(=O)NC.O=[N+]([O-])[O-].O=[N+]([O-])[O-].[Pb+2]. The maximum Gasteiger partial charge on any atom is 2.00 e. The Balaban J connectivity index is -0.000000163. The number of nitrogens with zero attached hydrogens (tertiary/aromatic N) is 4. The van der Waals surface area contributed by atoms with Crippen molar-refractivity contribution in [2.24, 2.45) is 0 Å². The molecule has 6 N–H and O–H groups in total. The van der Waals surface area contributed by atoms with Crippen molar-refractivity contribution < 1.29 is 38.9 Å². The number of rotatable bonds is 12. The van der Waals surface area contributed by atoms with Gasteiger partial charge in [-0.1, -0.05) is 0 Å². The van der Waals surface area contributed by atoms with E-state index < -0.39 is 10.2 Å². The summed E-state index contributed by atoms with van der Waals surface area (Å²) in [6, 6.07) is 0. The molecule has 41 heavy (non-hydrogen) atoms. The van der Waals surface area contributed by atoms with E-state index in [0.29, 0.717) is 0 Å². The zero-order valence-corrected chi connectivity index (χ0v) is 27.3. The van der Waals surface area contributed by atoms with Crippen molar-refractivity contribution in [1.29, 1.82) is 0 Å².